The second-order valence-corrected chi connectivity index (χ2v) is 31.9. The Morgan fingerprint density at radius 2 is 0.475 bits per heavy atom. The summed E-state index contributed by atoms with van der Waals surface area (Å²) in [7, 11) is 0. The Morgan fingerprint density at radius 1 is 0.208 bits per heavy atom. The molecule has 0 fully saturated rings. The molecule has 0 aliphatic heterocycles. The first-order chi connectivity index (χ1) is 49.9. The maximum atomic E-state index is 5.96. The Bertz CT molecular complexity index is 5990. The Balaban J connectivity index is 0.000000121. The molecule has 0 saturated carbocycles. The third kappa shape index (κ3) is 12.9. The molecule has 0 spiro atoms. The fourth-order valence-corrected chi connectivity index (χ4v) is 19.9. The van der Waals surface area contributed by atoms with Gasteiger partial charge in [-0.05, 0) is 224 Å². The van der Waals surface area contributed by atoms with Gasteiger partial charge in [-0.3, -0.25) is 0 Å². The van der Waals surface area contributed by atoms with E-state index in [0.717, 1.165) is 33.5 Å². The number of hydrogen-bond acceptors (Lipinski definition) is 8. The van der Waals surface area contributed by atoms with Crippen LogP contribution in [0.2, 0.25) is 5.02 Å². The van der Waals surface area contributed by atoms with Crippen LogP contribution in [0.15, 0.2) is 352 Å². The first-order valence-corrected chi connectivity index (χ1v) is 38.8. The fraction of sp³-hybridized carbons (Fsp3) is 0. The second kappa shape index (κ2) is 27.4. The van der Waals surface area contributed by atoms with Gasteiger partial charge in [-0.2, -0.15) is 0 Å². The molecule has 480 valence electrons. The van der Waals surface area contributed by atoms with E-state index >= 15 is 0 Å². The van der Waals surface area contributed by atoms with Gasteiger partial charge >= 0.3 is 0 Å². The molecule has 20 rings (SSSR count). The number of nitrogens with zero attached hydrogens (tertiary/aromatic N) is 1. The predicted molar refractivity (Wildman–Crippen MR) is 449 cm³/mol. The average Bonchev–Trinajstić information content (AvgIpc) is 1.74. The van der Waals surface area contributed by atoms with Gasteiger partial charge in [0.15, 0.2) is 0 Å². The third-order valence-corrected chi connectivity index (χ3v) is 25.8. The normalized spacial score (nSPS) is 11.4. The van der Waals surface area contributed by atoms with Crippen molar-refractivity contribution in [2.75, 3.05) is 10.2 Å². The highest BCUT2D eigenvalue weighted by atomic mass is 35.5. The van der Waals surface area contributed by atoms with Crippen LogP contribution in [0.25, 0.3) is 145 Å². The Morgan fingerprint density at radius 3 is 0.812 bits per heavy atom. The maximum Gasteiger partial charge on any atom is 0.0462 e. The zero-order valence-electron chi connectivity index (χ0n) is 54.3. The lowest BCUT2D eigenvalue weighted by Crippen LogP contribution is -2.09. The Hall–Kier alpha value is -10.8. The zero-order chi connectivity index (χ0) is 67.2. The highest BCUT2D eigenvalue weighted by Gasteiger charge is 2.17. The van der Waals surface area contributed by atoms with E-state index in [1.54, 1.807) is 0 Å². The molecule has 0 aliphatic rings. The molecule has 14 aromatic carbocycles. The highest BCUT2D eigenvalue weighted by molar-refractivity contribution is 7.26. The summed E-state index contributed by atoms with van der Waals surface area (Å²) < 4.78 is 10.6. The van der Waals surface area contributed by atoms with Gasteiger partial charge in [0, 0.05) is 112 Å². The van der Waals surface area contributed by atoms with Gasteiger partial charge in [-0.15, -0.1) is 68.0 Å². The molecule has 0 radical (unpaired) electrons. The zero-order valence-corrected chi connectivity index (χ0v) is 59.9. The van der Waals surface area contributed by atoms with Gasteiger partial charge in [0.2, 0.25) is 0 Å². The van der Waals surface area contributed by atoms with E-state index < -0.39 is 0 Å². The van der Waals surface area contributed by atoms with E-state index in [9.17, 15) is 0 Å². The van der Waals surface area contributed by atoms with Crippen LogP contribution in [0.1, 0.15) is 0 Å². The quantitative estimate of drug-likeness (QED) is 0.139. The molecular weight excluding hydrogens is 1360 g/mol. The topological polar surface area (TPSA) is 15.3 Å². The molecule has 0 saturated heterocycles. The van der Waals surface area contributed by atoms with Crippen molar-refractivity contribution in [3.63, 3.8) is 0 Å². The van der Waals surface area contributed by atoms with E-state index in [4.69, 9.17) is 11.6 Å². The molecule has 0 amide bonds. The third-order valence-electron chi connectivity index (χ3n) is 18.5. The van der Waals surface area contributed by atoms with Crippen molar-refractivity contribution >= 4 is 189 Å². The van der Waals surface area contributed by atoms with Crippen molar-refractivity contribution in [2.45, 2.75) is 0 Å². The largest absolute Gasteiger partial charge is 0.356 e. The molecule has 101 heavy (non-hydrogen) atoms. The summed E-state index contributed by atoms with van der Waals surface area (Å²) in [4.78, 5) is 7.55. The Kier molecular flexibility index (Phi) is 17.0. The number of rotatable bonds is 11. The van der Waals surface area contributed by atoms with E-state index in [2.05, 4.69) is 350 Å². The number of benzene rings is 14. The lowest BCUT2D eigenvalue weighted by molar-refractivity contribution is 1.28. The Labute approximate surface area is 614 Å². The van der Waals surface area contributed by atoms with Crippen molar-refractivity contribution in [1.82, 2.24) is 0 Å². The van der Waals surface area contributed by atoms with Crippen LogP contribution in [0, 0.1) is 0 Å². The maximum absolute atomic E-state index is 5.96. The molecule has 0 bridgehead atoms. The van der Waals surface area contributed by atoms with Crippen molar-refractivity contribution in [3.05, 3.63) is 357 Å². The lowest BCUT2D eigenvalue weighted by Gasteiger charge is -2.26. The molecule has 0 atom stereocenters. The van der Waals surface area contributed by atoms with Crippen molar-refractivity contribution in [1.29, 1.82) is 0 Å². The fourth-order valence-electron chi connectivity index (χ4n) is 13.4. The highest BCUT2D eigenvalue weighted by Crippen LogP contribution is 2.44. The van der Waals surface area contributed by atoms with E-state index in [1.165, 1.54) is 145 Å². The summed E-state index contributed by atoms with van der Waals surface area (Å²) in [5, 5.41) is 14.8. The van der Waals surface area contributed by atoms with E-state index in [-0.39, 0.29) is 0 Å². The van der Waals surface area contributed by atoms with Crippen LogP contribution in [0.3, 0.4) is 0 Å². The minimum Gasteiger partial charge on any atom is -0.356 e. The van der Waals surface area contributed by atoms with Crippen LogP contribution in [-0.2, 0) is 0 Å². The van der Waals surface area contributed by atoms with Crippen molar-refractivity contribution < 1.29 is 0 Å². The number of thiophene rings is 6. The summed E-state index contributed by atoms with van der Waals surface area (Å²) >= 11 is 17.0. The summed E-state index contributed by atoms with van der Waals surface area (Å²) in [6.07, 6.45) is 0. The summed E-state index contributed by atoms with van der Waals surface area (Å²) in [6, 6.07) is 127. The van der Waals surface area contributed by atoms with E-state index in [0.29, 0.717) is 0 Å². The number of hydrogen-bond donors (Lipinski definition) is 1. The lowest BCUT2D eigenvalue weighted by atomic mass is 10.0. The molecule has 2 nitrogen and oxygen atoms in total. The van der Waals surface area contributed by atoms with Crippen LogP contribution >= 0.6 is 79.6 Å². The monoisotopic (exact) mass is 1420 g/mol. The van der Waals surface area contributed by atoms with Gasteiger partial charge in [-0.1, -0.05) is 206 Å². The van der Waals surface area contributed by atoms with Gasteiger partial charge in [-0.25, -0.2) is 0 Å². The average molecular weight is 1420 g/mol. The summed E-state index contributed by atoms with van der Waals surface area (Å²) in [5.41, 5.74) is 15.4. The molecule has 6 aromatic heterocycles. The van der Waals surface area contributed by atoms with Crippen molar-refractivity contribution in [2.24, 2.45) is 0 Å². The van der Waals surface area contributed by atoms with Crippen LogP contribution < -0.4 is 10.2 Å². The molecule has 6 heterocycles. The standard InChI is InChI=1S/C46H29NS3.C28H19NS2.C18H11ClS/c1-4-10-41-34(7-1)28-45(48-41)31-15-22-37(23-16-31)47(38-24-17-32(18-25-38)46-29-35-8-2-5-11-42(35)49-46)36-20-13-30(14-21-36)33-19-26-44-40(27-33)39-9-3-6-12-43(39)50-44;1-3-7-25-21(5-1)17-27(30-25)19-9-13-23(14-10-19)29-24-15-11-20(12-16-24)28-18-22-6-2-4-8-26(22)31-28;19-14-8-5-12(6-9-14)13-7-10-18-16(11-13)15-3-1-2-4-17(15)20-18/h1-29H;1-18,29H;1-11H. The van der Waals surface area contributed by atoms with Gasteiger partial charge < -0.3 is 10.2 Å². The minimum absolute atomic E-state index is 0.774. The molecular formula is C92H59ClN2S6. The van der Waals surface area contributed by atoms with Gasteiger partial charge in [0.25, 0.3) is 0 Å². The van der Waals surface area contributed by atoms with Crippen LogP contribution in [0.4, 0.5) is 28.4 Å². The first-order valence-electron chi connectivity index (χ1n) is 33.5. The minimum atomic E-state index is 0.774. The molecule has 9 heteroatoms. The first kappa shape index (κ1) is 62.5. The molecule has 0 aliphatic carbocycles. The van der Waals surface area contributed by atoms with Gasteiger partial charge in [0.05, 0.1) is 0 Å². The number of fused-ring (bicyclic) bond motifs is 10. The SMILES string of the molecule is Clc1ccc(-c2ccc3sc4ccccc4c3c2)cc1.c1ccc2sc(-c3ccc(N(c4ccc(-c5ccc6sc7ccccc7c6c5)cc4)c4ccc(-c5cc6ccccc6s5)cc4)cc3)cc2c1.c1ccc2sc(-c3ccc(Nc4ccc(-c5cc6ccccc6s5)cc4)cc3)cc2c1. The van der Waals surface area contributed by atoms with E-state index in [1.807, 2.05) is 80.2 Å². The summed E-state index contributed by atoms with van der Waals surface area (Å²) in [6.45, 7) is 0. The van der Waals surface area contributed by atoms with Crippen molar-refractivity contribution in [3.8, 4) is 64.0 Å². The second-order valence-electron chi connectivity index (χ2n) is 25.0. The number of anilines is 5. The van der Waals surface area contributed by atoms with Crippen LogP contribution in [-0.4, -0.2) is 0 Å². The molecule has 0 unspecified atom stereocenters. The summed E-state index contributed by atoms with van der Waals surface area (Å²) in [5.74, 6) is 0. The molecule has 20 aromatic rings. The smallest absolute Gasteiger partial charge is 0.0462 e. The van der Waals surface area contributed by atoms with Crippen LogP contribution in [0.5, 0.6) is 0 Å². The number of halogens is 1. The number of nitrogens with one attached hydrogen (secondary N) is 1. The van der Waals surface area contributed by atoms with Gasteiger partial charge in [0.1, 0.15) is 0 Å². The predicted octanol–water partition coefficient (Wildman–Crippen LogP) is 30.5. The molecule has 1 N–H and O–H groups in total.